The Morgan fingerprint density at radius 1 is 0.543 bits per heavy atom. The molecule has 0 amide bonds. The first kappa shape index (κ1) is 26.7. The van der Waals surface area contributed by atoms with Gasteiger partial charge < -0.3 is 10.3 Å². The van der Waals surface area contributed by atoms with Crippen LogP contribution in [0.2, 0.25) is 0 Å². The third-order valence-electron chi connectivity index (χ3n) is 9.27. The van der Waals surface area contributed by atoms with Gasteiger partial charge in [0.1, 0.15) is 0 Å². The van der Waals surface area contributed by atoms with Crippen LogP contribution in [0.15, 0.2) is 158 Å². The zero-order valence-corrected chi connectivity index (χ0v) is 26.0. The minimum absolute atomic E-state index is 0.678. The van der Waals surface area contributed by atoms with Gasteiger partial charge in [-0.3, -0.25) is 0 Å². The summed E-state index contributed by atoms with van der Waals surface area (Å²) >= 11 is 1.87. The molecule has 0 radical (unpaired) electrons. The Balaban J connectivity index is 1.23. The van der Waals surface area contributed by atoms with Gasteiger partial charge in [0, 0.05) is 43.2 Å². The number of hydrogen-bond donors (Lipinski definition) is 1. The van der Waals surface area contributed by atoms with Crippen LogP contribution in [-0.2, 0) is 6.54 Å². The Kier molecular flexibility index (Phi) is 6.25. The number of hydrogen-bond acceptors (Lipinski definition) is 2. The van der Waals surface area contributed by atoms with E-state index in [4.69, 9.17) is 5.73 Å². The van der Waals surface area contributed by atoms with E-state index in [9.17, 15) is 0 Å². The maximum atomic E-state index is 6.59. The highest BCUT2D eigenvalue weighted by Gasteiger charge is 2.17. The molecule has 0 bridgehead atoms. The van der Waals surface area contributed by atoms with Crippen molar-refractivity contribution in [3.63, 3.8) is 0 Å². The minimum atomic E-state index is 0.678. The van der Waals surface area contributed by atoms with Crippen LogP contribution in [-0.4, -0.2) is 4.57 Å². The minimum Gasteiger partial charge on any atom is -0.398 e. The topological polar surface area (TPSA) is 30.9 Å². The first-order valence-corrected chi connectivity index (χ1v) is 16.5. The third kappa shape index (κ3) is 4.32. The highest BCUT2D eigenvalue weighted by Crippen LogP contribution is 2.42. The van der Waals surface area contributed by atoms with E-state index in [2.05, 4.69) is 144 Å². The second-order valence-corrected chi connectivity index (χ2v) is 13.0. The number of allylic oxidation sites excluding steroid dienone is 1. The summed E-state index contributed by atoms with van der Waals surface area (Å²) in [5.74, 6) is 0. The zero-order valence-electron chi connectivity index (χ0n) is 25.2. The van der Waals surface area contributed by atoms with Crippen LogP contribution in [0.5, 0.6) is 0 Å². The lowest BCUT2D eigenvalue weighted by atomic mass is 9.94. The van der Waals surface area contributed by atoms with E-state index in [-0.39, 0.29) is 0 Å². The lowest BCUT2D eigenvalue weighted by Gasteiger charge is -2.10. The maximum Gasteiger partial charge on any atom is 0.0501 e. The van der Waals surface area contributed by atoms with Gasteiger partial charge in [0.05, 0.1) is 11.0 Å². The number of rotatable bonds is 5. The summed E-state index contributed by atoms with van der Waals surface area (Å²) in [6.45, 7) is 0.678. The van der Waals surface area contributed by atoms with Gasteiger partial charge in [-0.05, 0) is 75.0 Å². The van der Waals surface area contributed by atoms with Gasteiger partial charge in [-0.2, -0.15) is 0 Å². The molecule has 0 saturated heterocycles. The Bertz CT molecular complexity index is 2620. The monoisotopic (exact) mass is 606 g/mol. The summed E-state index contributed by atoms with van der Waals surface area (Å²) in [6, 6.07) is 54.8. The Morgan fingerprint density at radius 3 is 2.17 bits per heavy atom. The molecule has 2 N–H and O–H groups in total. The number of nitrogens with two attached hydrogens (primary N) is 1. The maximum absolute atomic E-state index is 6.59. The van der Waals surface area contributed by atoms with Crippen molar-refractivity contribution in [1.82, 2.24) is 4.57 Å². The highest BCUT2D eigenvalue weighted by atomic mass is 32.1. The van der Waals surface area contributed by atoms with Gasteiger partial charge in [0.15, 0.2) is 0 Å². The largest absolute Gasteiger partial charge is 0.398 e. The first-order chi connectivity index (χ1) is 22.7. The number of benzene rings is 7. The van der Waals surface area contributed by atoms with E-state index in [0.717, 1.165) is 11.3 Å². The molecule has 7 aromatic carbocycles. The van der Waals surface area contributed by atoms with E-state index in [1.54, 1.807) is 0 Å². The standard InChI is InChI=1S/C43H30N2S/c44-37(29-11-2-1-3-12-29)24-25-45-38-18-9-17-34(43(38)42-33-15-5-4-10-28(33)21-23-39(42)45)32-14-8-13-30(26-32)31-20-22-36-35-16-6-7-19-40(35)46-41(36)27-31/h1-24,26-27H,25,44H2/b37-24-. The molecule has 0 spiro atoms. The van der Waals surface area contributed by atoms with Crippen LogP contribution < -0.4 is 5.73 Å². The van der Waals surface area contributed by atoms with Gasteiger partial charge in [-0.25, -0.2) is 0 Å². The number of nitrogens with zero attached hydrogens (tertiary/aromatic N) is 1. The average Bonchev–Trinajstić information content (AvgIpc) is 3.66. The molecule has 2 heterocycles. The SMILES string of the molecule is N/C(=C\Cn1c2cccc(-c3cccc(-c4ccc5c(c4)sc4ccccc45)c3)c2c2c3ccccc3ccc21)c1ccccc1. The van der Waals surface area contributed by atoms with Gasteiger partial charge in [-0.15, -0.1) is 11.3 Å². The molecule has 0 atom stereocenters. The van der Waals surface area contributed by atoms with Crippen molar-refractivity contribution in [3.05, 3.63) is 163 Å². The van der Waals surface area contributed by atoms with Crippen molar-refractivity contribution in [2.45, 2.75) is 6.54 Å². The van der Waals surface area contributed by atoms with Crippen LogP contribution in [0.1, 0.15) is 5.56 Å². The van der Waals surface area contributed by atoms with Crippen molar-refractivity contribution in [3.8, 4) is 22.3 Å². The van der Waals surface area contributed by atoms with Crippen LogP contribution in [0.25, 0.3) is 80.7 Å². The molecule has 0 aliphatic rings. The fraction of sp³-hybridized carbons (Fsp3) is 0.0233. The summed E-state index contributed by atoms with van der Waals surface area (Å²) < 4.78 is 5.07. The molecular formula is C43H30N2S. The summed E-state index contributed by atoms with van der Waals surface area (Å²) in [5.41, 5.74) is 15.8. The van der Waals surface area contributed by atoms with Crippen LogP contribution in [0.3, 0.4) is 0 Å². The normalized spacial score (nSPS) is 12.2. The van der Waals surface area contributed by atoms with E-state index in [0.29, 0.717) is 6.54 Å². The lowest BCUT2D eigenvalue weighted by molar-refractivity contribution is 0.899. The smallest absolute Gasteiger partial charge is 0.0501 e. The summed E-state index contributed by atoms with van der Waals surface area (Å²) in [5, 5.41) is 7.73. The molecule has 0 saturated carbocycles. The quantitative estimate of drug-likeness (QED) is 0.208. The summed E-state index contributed by atoms with van der Waals surface area (Å²) in [4.78, 5) is 0. The molecule has 9 aromatic rings. The van der Waals surface area contributed by atoms with E-state index >= 15 is 0 Å². The van der Waals surface area contributed by atoms with Crippen molar-refractivity contribution < 1.29 is 0 Å². The number of aromatic nitrogens is 1. The molecular weight excluding hydrogens is 577 g/mol. The molecule has 0 fully saturated rings. The van der Waals surface area contributed by atoms with Gasteiger partial charge >= 0.3 is 0 Å². The van der Waals surface area contributed by atoms with E-state index in [1.807, 2.05) is 29.5 Å². The number of fused-ring (bicyclic) bond motifs is 8. The molecule has 218 valence electrons. The zero-order chi connectivity index (χ0) is 30.6. The number of thiophene rings is 1. The summed E-state index contributed by atoms with van der Waals surface area (Å²) in [7, 11) is 0. The molecule has 0 aliphatic carbocycles. The highest BCUT2D eigenvalue weighted by molar-refractivity contribution is 7.25. The molecule has 0 unspecified atom stereocenters. The van der Waals surface area contributed by atoms with E-state index in [1.165, 1.54) is 75.0 Å². The van der Waals surface area contributed by atoms with Crippen LogP contribution in [0, 0.1) is 0 Å². The van der Waals surface area contributed by atoms with Crippen LogP contribution >= 0.6 is 11.3 Å². The Morgan fingerprint density at radius 2 is 1.26 bits per heavy atom. The molecule has 46 heavy (non-hydrogen) atoms. The first-order valence-electron chi connectivity index (χ1n) is 15.7. The molecule has 3 heteroatoms. The van der Waals surface area contributed by atoms with Crippen LogP contribution in [0.4, 0.5) is 0 Å². The van der Waals surface area contributed by atoms with E-state index < -0.39 is 0 Å². The van der Waals surface area contributed by atoms with Crippen molar-refractivity contribution in [2.24, 2.45) is 5.73 Å². The predicted octanol–water partition coefficient (Wildman–Crippen LogP) is 11.6. The predicted molar refractivity (Wildman–Crippen MR) is 199 cm³/mol. The molecule has 0 aliphatic heterocycles. The average molecular weight is 607 g/mol. The second-order valence-electron chi connectivity index (χ2n) is 11.9. The lowest BCUT2D eigenvalue weighted by Crippen LogP contribution is -2.01. The fourth-order valence-corrected chi connectivity index (χ4v) is 8.20. The van der Waals surface area contributed by atoms with Crippen molar-refractivity contribution in [1.29, 1.82) is 0 Å². The van der Waals surface area contributed by atoms with Gasteiger partial charge in [0.25, 0.3) is 0 Å². The van der Waals surface area contributed by atoms with Gasteiger partial charge in [0.2, 0.25) is 0 Å². The summed E-state index contributed by atoms with van der Waals surface area (Å²) in [6.07, 6.45) is 2.14. The second kappa shape index (κ2) is 10.8. The third-order valence-corrected chi connectivity index (χ3v) is 10.4. The molecule has 2 aromatic heterocycles. The molecule has 2 nitrogen and oxygen atoms in total. The van der Waals surface area contributed by atoms with Gasteiger partial charge in [-0.1, -0.05) is 121 Å². The molecule has 9 rings (SSSR count). The Labute approximate surface area is 271 Å². The van der Waals surface area contributed by atoms with Crippen molar-refractivity contribution >= 4 is 69.8 Å². The van der Waals surface area contributed by atoms with Crippen molar-refractivity contribution in [2.75, 3.05) is 0 Å². The fourth-order valence-electron chi connectivity index (χ4n) is 7.05. The Hall–Kier alpha value is -5.64.